The molecule has 0 unspecified atom stereocenters. The van der Waals surface area contributed by atoms with Crippen molar-refractivity contribution >= 4 is 24.0 Å². The zero-order valence-electron chi connectivity index (χ0n) is 10.6. The van der Waals surface area contributed by atoms with Gasteiger partial charge in [-0.15, -0.1) is 12.4 Å². The molecule has 1 rings (SSSR count). The van der Waals surface area contributed by atoms with E-state index >= 15 is 0 Å². The van der Waals surface area contributed by atoms with Crippen molar-refractivity contribution in [2.45, 2.75) is 38.8 Å². The zero-order chi connectivity index (χ0) is 13.0. The molecule has 0 aromatic heterocycles. The van der Waals surface area contributed by atoms with E-state index in [0.717, 1.165) is 6.42 Å². The fourth-order valence-corrected chi connectivity index (χ4v) is 1.96. The van der Waals surface area contributed by atoms with Crippen LogP contribution >= 0.6 is 24.0 Å². The summed E-state index contributed by atoms with van der Waals surface area (Å²) in [6, 6.07) is 3.48. The van der Waals surface area contributed by atoms with Crippen molar-refractivity contribution in [2.24, 2.45) is 11.7 Å². The van der Waals surface area contributed by atoms with Crippen LogP contribution in [0.3, 0.4) is 0 Å². The van der Waals surface area contributed by atoms with E-state index in [0.29, 0.717) is 17.9 Å². The number of aliphatic hydroxyl groups excluding tert-OH is 1. The van der Waals surface area contributed by atoms with Crippen LogP contribution in [-0.4, -0.2) is 11.2 Å². The van der Waals surface area contributed by atoms with E-state index in [1.807, 2.05) is 0 Å². The highest BCUT2D eigenvalue weighted by Gasteiger charge is 2.19. The van der Waals surface area contributed by atoms with Gasteiger partial charge in [-0.25, -0.2) is 4.39 Å². The lowest BCUT2D eigenvalue weighted by Gasteiger charge is -2.21. The van der Waals surface area contributed by atoms with Gasteiger partial charge in [-0.3, -0.25) is 0 Å². The molecule has 2 nitrogen and oxygen atoms in total. The van der Waals surface area contributed by atoms with Gasteiger partial charge in [0.1, 0.15) is 5.82 Å². The molecular weight excluding hydrogens is 276 g/mol. The summed E-state index contributed by atoms with van der Waals surface area (Å²) in [5.41, 5.74) is 6.51. The molecule has 0 radical (unpaired) electrons. The lowest BCUT2D eigenvalue weighted by Crippen LogP contribution is -2.26. The van der Waals surface area contributed by atoms with Crippen LogP contribution in [0, 0.1) is 11.7 Å². The maximum absolute atomic E-state index is 12.9. The Kier molecular flexibility index (Phi) is 7.79. The monoisotopic (exact) mass is 295 g/mol. The van der Waals surface area contributed by atoms with Crippen LogP contribution in [0.1, 0.15) is 38.3 Å². The van der Waals surface area contributed by atoms with E-state index in [2.05, 4.69) is 13.8 Å². The summed E-state index contributed by atoms with van der Waals surface area (Å²) >= 11 is 5.90. The molecule has 0 spiro atoms. The predicted octanol–water partition coefficient (Wildman–Crippen LogP) is 3.70. The molecular formula is C13H20Cl2FNO. The highest BCUT2D eigenvalue weighted by molar-refractivity contribution is 6.31. The minimum Gasteiger partial charge on any atom is -0.391 e. The minimum atomic E-state index is -0.652. The fraction of sp³-hybridized carbons (Fsp3) is 0.538. The summed E-state index contributed by atoms with van der Waals surface area (Å²) in [4.78, 5) is 0. The normalized spacial score (nSPS) is 14.2. The average molecular weight is 296 g/mol. The van der Waals surface area contributed by atoms with E-state index < -0.39 is 18.0 Å². The van der Waals surface area contributed by atoms with Crippen molar-refractivity contribution in [3.05, 3.63) is 34.6 Å². The Morgan fingerprint density at radius 2 is 1.94 bits per heavy atom. The number of hydrogen-bond acceptors (Lipinski definition) is 2. The molecule has 0 aliphatic heterocycles. The number of nitrogens with two attached hydrogens (primary N) is 1. The Bertz CT molecular complexity index is 374. The summed E-state index contributed by atoms with van der Waals surface area (Å²) in [5.74, 6) is 0.114. The van der Waals surface area contributed by atoms with Crippen LogP contribution in [0.2, 0.25) is 5.02 Å². The second-order valence-corrected chi connectivity index (χ2v) is 5.14. The predicted molar refractivity (Wildman–Crippen MR) is 75.7 cm³/mol. The number of hydrogen-bond donors (Lipinski definition) is 2. The van der Waals surface area contributed by atoms with Crippen molar-refractivity contribution in [3.8, 4) is 0 Å². The van der Waals surface area contributed by atoms with Crippen molar-refractivity contribution < 1.29 is 9.50 Å². The molecule has 0 saturated carbocycles. The Balaban J connectivity index is 0.00000289. The van der Waals surface area contributed by atoms with Gasteiger partial charge in [0.05, 0.1) is 12.1 Å². The highest BCUT2D eigenvalue weighted by atomic mass is 35.5. The van der Waals surface area contributed by atoms with E-state index in [1.54, 1.807) is 0 Å². The van der Waals surface area contributed by atoms with Crippen LogP contribution in [0.25, 0.3) is 0 Å². The number of aliphatic hydroxyl groups is 1. The molecule has 0 heterocycles. The lowest BCUT2D eigenvalue weighted by molar-refractivity contribution is 0.128. The van der Waals surface area contributed by atoms with Crippen LogP contribution in [0.4, 0.5) is 4.39 Å². The van der Waals surface area contributed by atoms with E-state index in [-0.39, 0.29) is 17.4 Å². The van der Waals surface area contributed by atoms with Crippen molar-refractivity contribution in [1.29, 1.82) is 0 Å². The Hall–Kier alpha value is -0.350. The first-order valence-electron chi connectivity index (χ1n) is 5.80. The van der Waals surface area contributed by atoms with E-state index in [1.165, 1.54) is 18.2 Å². The van der Waals surface area contributed by atoms with Gasteiger partial charge in [-0.1, -0.05) is 31.5 Å². The second kappa shape index (κ2) is 7.95. The molecule has 104 valence electrons. The molecule has 5 heteroatoms. The van der Waals surface area contributed by atoms with Gasteiger partial charge in [0.25, 0.3) is 0 Å². The first-order chi connectivity index (χ1) is 7.91. The quantitative estimate of drug-likeness (QED) is 0.870. The first kappa shape index (κ1) is 17.6. The molecule has 0 fully saturated rings. The molecule has 0 aliphatic carbocycles. The molecule has 1 aromatic carbocycles. The van der Waals surface area contributed by atoms with Gasteiger partial charge >= 0.3 is 0 Å². The van der Waals surface area contributed by atoms with Crippen LogP contribution in [0.15, 0.2) is 18.2 Å². The van der Waals surface area contributed by atoms with Crippen molar-refractivity contribution in [2.75, 3.05) is 0 Å². The largest absolute Gasteiger partial charge is 0.391 e. The molecule has 1 aromatic rings. The molecule has 0 aliphatic rings. The summed E-state index contributed by atoms with van der Waals surface area (Å²) in [6.45, 7) is 4.17. The van der Waals surface area contributed by atoms with Gasteiger partial charge < -0.3 is 10.8 Å². The number of halogens is 3. The third kappa shape index (κ3) is 5.11. The van der Waals surface area contributed by atoms with Crippen LogP contribution in [0.5, 0.6) is 0 Å². The van der Waals surface area contributed by atoms with Gasteiger partial charge in [-0.2, -0.15) is 0 Å². The maximum atomic E-state index is 12.9. The van der Waals surface area contributed by atoms with Crippen LogP contribution < -0.4 is 5.73 Å². The van der Waals surface area contributed by atoms with Gasteiger partial charge in [0, 0.05) is 5.02 Å². The van der Waals surface area contributed by atoms with Gasteiger partial charge in [-0.05, 0) is 36.5 Å². The molecule has 0 amide bonds. The fourth-order valence-electron chi connectivity index (χ4n) is 1.66. The molecule has 0 bridgehead atoms. The first-order valence-corrected chi connectivity index (χ1v) is 6.18. The van der Waals surface area contributed by atoms with Crippen LogP contribution in [-0.2, 0) is 0 Å². The van der Waals surface area contributed by atoms with E-state index in [9.17, 15) is 9.50 Å². The molecule has 0 saturated heterocycles. The smallest absolute Gasteiger partial charge is 0.124 e. The van der Waals surface area contributed by atoms with E-state index in [4.69, 9.17) is 17.3 Å². The maximum Gasteiger partial charge on any atom is 0.124 e. The Morgan fingerprint density at radius 1 is 1.33 bits per heavy atom. The summed E-state index contributed by atoms with van der Waals surface area (Å²) < 4.78 is 12.9. The van der Waals surface area contributed by atoms with Crippen molar-refractivity contribution in [1.82, 2.24) is 0 Å². The second-order valence-electron chi connectivity index (χ2n) is 4.73. The van der Waals surface area contributed by atoms with Gasteiger partial charge in [0.15, 0.2) is 0 Å². The summed E-state index contributed by atoms with van der Waals surface area (Å²) in [5, 5.41) is 10.2. The molecule has 2 atom stereocenters. The lowest BCUT2D eigenvalue weighted by atomic mass is 9.96. The number of benzene rings is 1. The SMILES string of the molecule is CC(C)CC[C@@H](O)[C@@H](N)c1ccc(F)cc1Cl.Cl. The highest BCUT2D eigenvalue weighted by Crippen LogP contribution is 2.26. The van der Waals surface area contributed by atoms with Gasteiger partial charge in [0.2, 0.25) is 0 Å². The Morgan fingerprint density at radius 3 is 2.44 bits per heavy atom. The minimum absolute atomic E-state index is 0. The van der Waals surface area contributed by atoms with Crippen molar-refractivity contribution in [3.63, 3.8) is 0 Å². The zero-order valence-corrected chi connectivity index (χ0v) is 12.1. The average Bonchev–Trinajstić information content (AvgIpc) is 2.25. The third-order valence-corrected chi connectivity index (χ3v) is 3.10. The topological polar surface area (TPSA) is 46.2 Å². The summed E-state index contributed by atoms with van der Waals surface area (Å²) in [6.07, 6.45) is 0.862. The molecule has 18 heavy (non-hydrogen) atoms. The Labute approximate surface area is 119 Å². The summed E-state index contributed by atoms with van der Waals surface area (Å²) in [7, 11) is 0. The molecule has 3 N–H and O–H groups in total. The standard InChI is InChI=1S/C13H19ClFNO.ClH/c1-8(2)3-6-12(17)13(16)10-5-4-9(15)7-11(10)14;/h4-5,7-8,12-13,17H,3,6,16H2,1-2H3;1H/t12-,13+;/m1./s1. The third-order valence-electron chi connectivity index (χ3n) is 2.78. The number of rotatable bonds is 5.